The van der Waals surface area contributed by atoms with Crippen molar-refractivity contribution in [2.75, 3.05) is 5.73 Å². The summed E-state index contributed by atoms with van der Waals surface area (Å²) in [4.78, 5) is 1.51. The third-order valence-electron chi connectivity index (χ3n) is 2.94. The average Bonchev–Trinajstić information content (AvgIpc) is 2.65. The van der Waals surface area contributed by atoms with Crippen molar-refractivity contribution in [3.63, 3.8) is 0 Å². The van der Waals surface area contributed by atoms with Crippen LogP contribution >= 0.6 is 11.3 Å². The number of halogens is 1. The van der Waals surface area contributed by atoms with Crippen LogP contribution in [0.4, 0.5) is 10.1 Å². The van der Waals surface area contributed by atoms with Gasteiger partial charge in [0.25, 0.3) is 0 Å². The third-order valence-corrected chi connectivity index (χ3v) is 4.12. The number of nitrogens with two attached hydrogens (primary N) is 1. The van der Waals surface area contributed by atoms with E-state index >= 15 is 0 Å². The van der Waals surface area contributed by atoms with Gasteiger partial charge in [0.15, 0.2) is 0 Å². The Morgan fingerprint density at radius 1 is 1.44 bits per heavy atom. The normalized spacial score (nSPS) is 10.3. The van der Waals surface area contributed by atoms with Crippen molar-refractivity contribution in [2.45, 2.75) is 20.3 Å². The molecule has 0 atom stereocenters. The molecule has 2 aromatic rings. The van der Waals surface area contributed by atoms with E-state index in [2.05, 4.69) is 6.07 Å². The fourth-order valence-corrected chi connectivity index (χ4v) is 3.21. The van der Waals surface area contributed by atoms with E-state index in [4.69, 9.17) is 11.0 Å². The molecule has 0 saturated carbocycles. The number of aryl methyl sites for hydroxylation is 1. The minimum atomic E-state index is -0.251. The number of hydrogen-bond donors (Lipinski definition) is 1. The maximum Gasteiger partial charge on any atom is 0.128 e. The highest BCUT2D eigenvalue weighted by molar-refractivity contribution is 7.16. The van der Waals surface area contributed by atoms with Crippen molar-refractivity contribution in [3.8, 4) is 16.5 Å². The molecule has 1 aromatic heterocycles. The van der Waals surface area contributed by atoms with E-state index in [1.54, 1.807) is 6.07 Å². The van der Waals surface area contributed by atoms with Crippen LogP contribution in [0.15, 0.2) is 18.2 Å². The minimum Gasteiger partial charge on any atom is -0.397 e. The molecule has 0 aliphatic rings. The van der Waals surface area contributed by atoms with Gasteiger partial charge < -0.3 is 5.73 Å². The van der Waals surface area contributed by atoms with Gasteiger partial charge in [-0.15, -0.1) is 11.3 Å². The molecule has 92 valence electrons. The molecule has 0 aliphatic carbocycles. The van der Waals surface area contributed by atoms with Crippen LogP contribution in [0, 0.1) is 24.1 Å². The Morgan fingerprint density at radius 2 is 2.17 bits per heavy atom. The summed E-state index contributed by atoms with van der Waals surface area (Å²) >= 11 is 1.38. The van der Waals surface area contributed by atoms with Gasteiger partial charge in [-0.3, -0.25) is 0 Å². The largest absolute Gasteiger partial charge is 0.397 e. The summed E-state index contributed by atoms with van der Waals surface area (Å²) in [5.41, 5.74) is 9.30. The zero-order chi connectivity index (χ0) is 13.3. The molecule has 0 fully saturated rings. The Kier molecular flexibility index (Phi) is 3.35. The predicted molar refractivity (Wildman–Crippen MR) is 73.0 cm³/mol. The molecule has 0 amide bonds. The number of rotatable bonds is 2. The van der Waals surface area contributed by atoms with Crippen LogP contribution in [0.1, 0.15) is 22.9 Å². The molecule has 0 bridgehead atoms. The highest BCUT2D eigenvalue weighted by atomic mass is 32.1. The number of anilines is 1. The molecule has 0 saturated heterocycles. The van der Waals surface area contributed by atoms with E-state index in [9.17, 15) is 4.39 Å². The minimum absolute atomic E-state index is 0.251. The van der Waals surface area contributed by atoms with Crippen LogP contribution in [0.2, 0.25) is 0 Å². The first-order valence-corrected chi connectivity index (χ1v) is 6.47. The number of hydrogen-bond acceptors (Lipinski definition) is 3. The van der Waals surface area contributed by atoms with Gasteiger partial charge in [0, 0.05) is 4.88 Å². The van der Waals surface area contributed by atoms with Crippen LogP contribution in [0.3, 0.4) is 0 Å². The summed E-state index contributed by atoms with van der Waals surface area (Å²) in [6, 6.07) is 6.79. The molecule has 18 heavy (non-hydrogen) atoms. The monoisotopic (exact) mass is 260 g/mol. The lowest BCUT2D eigenvalue weighted by Gasteiger charge is -2.06. The summed E-state index contributed by atoms with van der Waals surface area (Å²) in [7, 11) is 0. The van der Waals surface area contributed by atoms with Crippen molar-refractivity contribution in [1.82, 2.24) is 0 Å². The number of nitriles is 1. The molecular formula is C14H13FN2S. The number of benzene rings is 1. The summed E-state index contributed by atoms with van der Waals surface area (Å²) in [5.74, 6) is -0.251. The standard InChI is InChI=1S/C14H13FN2S/c1-3-10-13(17)12(7-16)18-14(10)11-5-4-9(15)6-8(11)2/h4-6H,3,17H2,1-2H3. The fraction of sp³-hybridized carbons (Fsp3) is 0.214. The number of nitrogens with zero attached hydrogens (tertiary/aromatic N) is 1. The first-order valence-electron chi connectivity index (χ1n) is 5.66. The molecule has 4 heteroatoms. The number of thiophene rings is 1. The van der Waals surface area contributed by atoms with Crippen molar-refractivity contribution < 1.29 is 4.39 Å². The Balaban J connectivity index is 2.68. The zero-order valence-corrected chi connectivity index (χ0v) is 11.1. The SMILES string of the molecule is CCc1c(-c2ccc(F)cc2C)sc(C#N)c1N. The Bertz CT molecular complexity index is 638. The van der Waals surface area contributed by atoms with E-state index in [-0.39, 0.29) is 5.82 Å². The molecule has 2 nitrogen and oxygen atoms in total. The van der Waals surface area contributed by atoms with Gasteiger partial charge in [0.2, 0.25) is 0 Å². The average molecular weight is 260 g/mol. The molecule has 2 rings (SSSR count). The van der Waals surface area contributed by atoms with Gasteiger partial charge in [-0.05, 0) is 42.2 Å². The Labute approximate surface area is 109 Å². The highest BCUT2D eigenvalue weighted by Crippen LogP contribution is 2.39. The van der Waals surface area contributed by atoms with E-state index in [1.807, 2.05) is 13.8 Å². The van der Waals surface area contributed by atoms with Gasteiger partial charge in [0.05, 0.1) is 5.69 Å². The molecule has 0 unspecified atom stereocenters. The van der Waals surface area contributed by atoms with E-state index in [0.717, 1.165) is 28.0 Å². The molecular weight excluding hydrogens is 247 g/mol. The molecule has 0 radical (unpaired) electrons. The zero-order valence-electron chi connectivity index (χ0n) is 10.2. The quantitative estimate of drug-likeness (QED) is 0.890. The Morgan fingerprint density at radius 3 is 2.72 bits per heavy atom. The predicted octanol–water partition coefficient (Wildman–Crippen LogP) is 3.88. The molecule has 2 N–H and O–H groups in total. The lowest BCUT2D eigenvalue weighted by Crippen LogP contribution is -1.92. The van der Waals surface area contributed by atoms with Crippen LogP contribution in [-0.2, 0) is 6.42 Å². The van der Waals surface area contributed by atoms with E-state index < -0.39 is 0 Å². The van der Waals surface area contributed by atoms with Crippen LogP contribution in [0.25, 0.3) is 10.4 Å². The first kappa shape index (κ1) is 12.6. The summed E-state index contributed by atoms with van der Waals surface area (Å²) in [6.07, 6.45) is 0.760. The third kappa shape index (κ3) is 1.98. The van der Waals surface area contributed by atoms with E-state index in [0.29, 0.717) is 10.6 Å². The maximum atomic E-state index is 13.1. The molecule has 1 aromatic carbocycles. The first-order chi connectivity index (χ1) is 8.58. The topological polar surface area (TPSA) is 49.8 Å². The summed E-state index contributed by atoms with van der Waals surface area (Å²) in [6.45, 7) is 3.86. The van der Waals surface area contributed by atoms with Crippen LogP contribution in [-0.4, -0.2) is 0 Å². The smallest absolute Gasteiger partial charge is 0.128 e. The van der Waals surface area contributed by atoms with E-state index in [1.165, 1.54) is 23.5 Å². The van der Waals surface area contributed by atoms with Crippen molar-refractivity contribution in [3.05, 3.63) is 40.0 Å². The number of nitrogen functional groups attached to an aromatic ring is 1. The second-order valence-corrected chi connectivity index (χ2v) is 5.10. The second-order valence-electron chi connectivity index (χ2n) is 4.08. The van der Waals surface area contributed by atoms with Crippen molar-refractivity contribution in [2.24, 2.45) is 0 Å². The van der Waals surface area contributed by atoms with Gasteiger partial charge in [0.1, 0.15) is 16.8 Å². The fourth-order valence-electron chi connectivity index (χ4n) is 2.01. The van der Waals surface area contributed by atoms with Gasteiger partial charge in [-0.2, -0.15) is 5.26 Å². The lowest BCUT2D eigenvalue weighted by atomic mass is 10.0. The maximum absolute atomic E-state index is 13.1. The second kappa shape index (κ2) is 4.79. The molecule has 1 heterocycles. The van der Waals surface area contributed by atoms with Crippen molar-refractivity contribution in [1.29, 1.82) is 5.26 Å². The Hall–Kier alpha value is -1.86. The molecule has 0 aliphatic heterocycles. The highest BCUT2D eigenvalue weighted by Gasteiger charge is 2.17. The van der Waals surface area contributed by atoms with Gasteiger partial charge in [-0.25, -0.2) is 4.39 Å². The van der Waals surface area contributed by atoms with Gasteiger partial charge >= 0.3 is 0 Å². The summed E-state index contributed by atoms with van der Waals surface area (Å²) in [5, 5.41) is 9.03. The van der Waals surface area contributed by atoms with Crippen molar-refractivity contribution >= 4 is 17.0 Å². The van der Waals surface area contributed by atoms with Gasteiger partial charge in [-0.1, -0.05) is 13.0 Å². The molecule has 0 spiro atoms. The van der Waals surface area contributed by atoms with Crippen LogP contribution < -0.4 is 5.73 Å². The lowest BCUT2D eigenvalue weighted by molar-refractivity contribution is 0.627. The van der Waals surface area contributed by atoms with Crippen LogP contribution in [0.5, 0.6) is 0 Å². The summed E-state index contributed by atoms with van der Waals surface area (Å²) < 4.78 is 13.1.